The molecule has 2 rings (SSSR count). The highest BCUT2D eigenvalue weighted by molar-refractivity contribution is 7.80. The van der Waals surface area contributed by atoms with E-state index < -0.39 is 0 Å². The van der Waals surface area contributed by atoms with Crippen LogP contribution in [-0.2, 0) is 0 Å². The van der Waals surface area contributed by atoms with E-state index >= 15 is 0 Å². The van der Waals surface area contributed by atoms with E-state index in [9.17, 15) is 4.79 Å². The SMILES string of the molecule is CNC(=S)N1CCC(C(=O)c2ccc(Cl)cc2)CC1. The Labute approximate surface area is 123 Å². The normalized spacial score (nSPS) is 16.2. The number of hydrogen-bond donors (Lipinski definition) is 1. The number of likely N-dealkylation sites (tertiary alicyclic amines) is 1. The molecule has 0 aliphatic carbocycles. The maximum atomic E-state index is 12.3. The van der Waals surface area contributed by atoms with Gasteiger partial charge in [-0.15, -0.1) is 0 Å². The minimum atomic E-state index is 0.0945. The maximum Gasteiger partial charge on any atom is 0.168 e. The summed E-state index contributed by atoms with van der Waals surface area (Å²) in [4.78, 5) is 14.5. The molecule has 1 saturated heterocycles. The van der Waals surface area contributed by atoms with Gasteiger partial charge in [0.05, 0.1) is 0 Å². The first-order valence-corrected chi connectivity index (χ1v) is 7.17. The number of Topliss-reactive ketones (excluding diaryl/α,β-unsaturated/α-hetero) is 1. The Kier molecular flexibility index (Phi) is 4.77. The first-order valence-electron chi connectivity index (χ1n) is 6.38. The number of thiocarbonyl (C=S) groups is 1. The smallest absolute Gasteiger partial charge is 0.168 e. The Morgan fingerprint density at radius 1 is 1.32 bits per heavy atom. The predicted molar refractivity (Wildman–Crippen MR) is 81.7 cm³/mol. The highest BCUT2D eigenvalue weighted by Gasteiger charge is 2.26. The summed E-state index contributed by atoms with van der Waals surface area (Å²) in [7, 11) is 1.83. The van der Waals surface area contributed by atoms with Gasteiger partial charge in [-0.05, 0) is 49.3 Å². The number of hydrogen-bond acceptors (Lipinski definition) is 2. The van der Waals surface area contributed by atoms with E-state index in [4.69, 9.17) is 23.8 Å². The van der Waals surface area contributed by atoms with Crippen molar-refractivity contribution in [3.05, 3.63) is 34.9 Å². The van der Waals surface area contributed by atoms with Crippen molar-refractivity contribution in [2.24, 2.45) is 5.92 Å². The van der Waals surface area contributed by atoms with Gasteiger partial charge in [0.15, 0.2) is 10.9 Å². The van der Waals surface area contributed by atoms with E-state index in [2.05, 4.69) is 10.2 Å². The molecule has 1 aromatic rings. The topological polar surface area (TPSA) is 32.3 Å². The molecule has 0 amide bonds. The van der Waals surface area contributed by atoms with Gasteiger partial charge in [0, 0.05) is 36.6 Å². The monoisotopic (exact) mass is 296 g/mol. The largest absolute Gasteiger partial charge is 0.366 e. The van der Waals surface area contributed by atoms with Gasteiger partial charge in [-0.1, -0.05) is 11.6 Å². The molecule has 0 atom stereocenters. The van der Waals surface area contributed by atoms with Gasteiger partial charge in [0.1, 0.15) is 0 Å². The van der Waals surface area contributed by atoms with Crippen molar-refractivity contribution in [2.45, 2.75) is 12.8 Å². The zero-order valence-corrected chi connectivity index (χ0v) is 12.4. The third kappa shape index (κ3) is 3.45. The zero-order chi connectivity index (χ0) is 13.8. The Hall–Kier alpha value is -1.13. The summed E-state index contributed by atoms with van der Waals surface area (Å²) in [6, 6.07) is 7.13. The van der Waals surface area contributed by atoms with Gasteiger partial charge in [-0.25, -0.2) is 0 Å². The number of benzene rings is 1. The van der Waals surface area contributed by atoms with Gasteiger partial charge in [0.2, 0.25) is 0 Å². The number of rotatable bonds is 2. The molecule has 1 N–H and O–H groups in total. The standard InChI is InChI=1S/C14H17ClN2OS/c1-16-14(19)17-8-6-11(7-9-17)13(18)10-2-4-12(15)5-3-10/h2-5,11H,6-9H2,1H3,(H,16,19). The predicted octanol–water partition coefficient (Wildman–Crippen LogP) is 2.74. The summed E-state index contributed by atoms with van der Waals surface area (Å²) in [5.74, 6) is 0.309. The molecule has 1 heterocycles. The lowest BCUT2D eigenvalue weighted by Crippen LogP contribution is -2.44. The van der Waals surface area contributed by atoms with Gasteiger partial charge < -0.3 is 10.2 Å². The second-order valence-electron chi connectivity index (χ2n) is 4.69. The molecule has 0 bridgehead atoms. The molecule has 0 saturated carbocycles. The minimum Gasteiger partial charge on any atom is -0.366 e. The van der Waals surface area contributed by atoms with E-state index in [-0.39, 0.29) is 11.7 Å². The van der Waals surface area contributed by atoms with Crippen molar-refractivity contribution in [3.63, 3.8) is 0 Å². The molecule has 0 spiro atoms. The molecule has 0 aromatic heterocycles. The summed E-state index contributed by atoms with van der Waals surface area (Å²) in [6.07, 6.45) is 1.70. The Balaban J connectivity index is 1.96. The number of ketones is 1. The maximum absolute atomic E-state index is 12.3. The summed E-state index contributed by atoms with van der Waals surface area (Å²) in [5.41, 5.74) is 0.749. The highest BCUT2D eigenvalue weighted by Crippen LogP contribution is 2.22. The van der Waals surface area contributed by atoms with Crippen LogP contribution in [0.15, 0.2) is 24.3 Å². The Morgan fingerprint density at radius 3 is 2.42 bits per heavy atom. The molecule has 0 unspecified atom stereocenters. The fourth-order valence-corrected chi connectivity index (χ4v) is 2.66. The second kappa shape index (κ2) is 6.35. The van der Waals surface area contributed by atoms with Crippen LogP contribution >= 0.6 is 23.8 Å². The summed E-state index contributed by atoms with van der Waals surface area (Å²) in [6.45, 7) is 1.67. The summed E-state index contributed by atoms with van der Waals surface area (Å²) < 4.78 is 0. The van der Waals surface area contributed by atoms with E-state index in [1.54, 1.807) is 24.3 Å². The van der Waals surface area contributed by atoms with Crippen LogP contribution in [0, 0.1) is 5.92 Å². The average molecular weight is 297 g/mol. The first-order chi connectivity index (χ1) is 9.11. The summed E-state index contributed by atoms with van der Waals surface area (Å²) >= 11 is 11.0. The van der Waals surface area contributed by atoms with Crippen molar-refractivity contribution in [2.75, 3.05) is 20.1 Å². The summed E-state index contributed by atoms with van der Waals surface area (Å²) in [5, 5.41) is 4.39. The molecular formula is C14H17ClN2OS. The fraction of sp³-hybridized carbons (Fsp3) is 0.429. The zero-order valence-electron chi connectivity index (χ0n) is 10.9. The van der Waals surface area contributed by atoms with E-state index in [1.165, 1.54) is 0 Å². The van der Waals surface area contributed by atoms with Crippen LogP contribution in [0.2, 0.25) is 5.02 Å². The van der Waals surface area contributed by atoms with Gasteiger partial charge >= 0.3 is 0 Å². The third-order valence-corrected chi connectivity index (χ3v) is 4.21. The Morgan fingerprint density at radius 2 is 1.89 bits per heavy atom. The molecule has 1 aromatic carbocycles. The number of halogens is 1. The number of piperidine rings is 1. The van der Waals surface area contributed by atoms with Crippen molar-refractivity contribution in [1.29, 1.82) is 0 Å². The van der Waals surface area contributed by atoms with Crippen LogP contribution in [0.3, 0.4) is 0 Å². The molecule has 102 valence electrons. The number of carbonyl (C=O) groups is 1. The average Bonchev–Trinajstić information content (AvgIpc) is 2.46. The van der Waals surface area contributed by atoms with E-state index in [1.807, 2.05) is 7.05 Å². The van der Waals surface area contributed by atoms with Crippen LogP contribution in [0.4, 0.5) is 0 Å². The molecule has 3 nitrogen and oxygen atoms in total. The second-order valence-corrected chi connectivity index (χ2v) is 5.51. The molecule has 0 radical (unpaired) electrons. The van der Waals surface area contributed by atoms with Crippen molar-refractivity contribution < 1.29 is 4.79 Å². The minimum absolute atomic E-state index is 0.0945. The van der Waals surface area contributed by atoms with Crippen molar-refractivity contribution in [1.82, 2.24) is 10.2 Å². The van der Waals surface area contributed by atoms with E-state index in [0.29, 0.717) is 5.02 Å². The van der Waals surface area contributed by atoms with Crippen LogP contribution in [-0.4, -0.2) is 35.9 Å². The van der Waals surface area contributed by atoms with Crippen LogP contribution in [0.5, 0.6) is 0 Å². The van der Waals surface area contributed by atoms with Crippen molar-refractivity contribution >= 4 is 34.7 Å². The lowest BCUT2D eigenvalue weighted by Gasteiger charge is -2.32. The Bertz CT molecular complexity index is 467. The van der Waals surface area contributed by atoms with Crippen molar-refractivity contribution in [3.8, 4) is 0 Å². The molecule has 1 fully saturated rings. The fourth-order valence-electron chi connectivity index (χ4n) is 2.35. The van der Waals surface area contributed by atoms with Crippen LogP contribution in [0.1, 0.15) is 23.2 Å². The highest BCUT2D eigenvalue weighted by atomic mass is 35.5. The third-order valence-electron chi connectivity index (χ3n) is 3.50. The van der Waals surface area contributed by atoms with Gasteiger partial charge in [-0.2, -0.15) is 0 Å². The molecule has 1 aliphatic rings. The number of carbonyl (C=O) groups excluding carboxylic acids is 1. The lowest BCUT2D eigenvalue weighted by molar-refractivity contribution is 0.0872. The quantitative estimate of drug-likeness (QED) is 0.672. The molecule has 5 heteroatoms. The number of nitrogens with one attached hydrogen (secondary N) is 1. The lowest BCUT2D eigenvalue weighted by atomic mass is 9.89. The number of nitrogens with zero attached hydrogens (tertiary/aromatic N) is 1. The molecule has 1 aliphatic heterocycles. The first kappa shape index (κ1) is 14.3. The molecule has 19 heavy (non-hydrogen) atoms. The molecular weight excluding hydrogens is 280 g/mol. The van der Waals surface area contributed by atoms with E-state index in [0.717, 1.165) is 36.6 Å². The van der Waals surface area contributed by atoms with Gasteiger partial charge in [0.25, 0.3) is 0 Å². The van der Waals surface area contributed by atoms with Crippen LogP contribution in [0.25, 0.3) is 0 Å². The van der Waals surface area contributed by atoms with Crippen LogP contribution < -0.4 is 5.32 Å². The van der Waals surface area contributed by atoms with Gasteiger partial charge in [-0.3, -0.25) is 4.79 Å².